The van der Waals surface area contributed by atoms with E-state index in [1.807, 2.05) is 0 Å². The minimum absolute atomic E-state index is 0. The van der Waals surface area contributed by atoms with Crippen LogP contribution in [0.3, 0.4) is 0 Å². The molecule has 5 nitrogen and oxygen atoms in total. The minimum atomic E-state index is -3.71. The molecule has 3 N–H and O–H groups in total. The second-order valence-corrected chi connectivity index (χ2v) is 4.82. The van der Waals surface area contributed by atoms with E-state index in [2.05, 4.69) is 0 Å². The molecule has 0 rings (SSSR count). The first-order chi connectivity index (χ1) is 6.83. The molecule has 9 heteroatoms. The molecule has 0 saturated carbocycles. The summed E-state index contributed by atoms with van der Waals surface area (Å²) in [6, 6.07) is 0. The Morgan fingerprint density at radius 1 is 1.44 bits per heavy atom. The Labute approximate surface area is 100 Å². The van der Waals surface area contributed by atoms with E-state index in [1.54, 1.807) is 11.6 Å². The summed E-state index contributed by atoms with van der Waals surface area (Å²) in [6.07, 6.45) is 0. The number of alkyl halides is 2. The smallest absolute Gasteiger partial charge is 0.273 e. The molecular weight excluding hydrogens is 266 g/mol. The standard InChI is InChI=1S/C7H16F2N2O3S.ClH/c1-2-14-3-4-15(12,13)11-6-7(8,9)5-10;/h11H,2-6,10H2,1H3;1H. The Balaban J connectivity index is 0. The minimum Gasteiger partial charge on any atom is -0.381 e. The molecule has 0 bridgehead atoms. The van der Waals surface area contributed by atoms with Crippen molar-refractivity contribution in [3.05, 3.63) is 0 Å². The highest BCUT2D eigenvalue weighted by Gasteiger charge is 2.28. The van der Waals surface area contributed by atoms with Crippen molar-refractivity contribution in [3.8, 4) is 0 Å². The van der Waals surface area contributed by atoms with Crippen molar-refractivity contribution in [1.29, 1.82) is 0 Å². The highest BCUT2D eigenvalue weighted by Crippen LogP contribution is 2.09. The van der Waals surface area contributed by atoms with Gasteiger partial charge < -0.3 is 10.5 Å². The number of sulfonamides is 1. The first kappa shape index (κ1) is 18.3. The van der Waals surface area contributed by atoms with Crippen LogP contribution in [-0.2, 0) is 14.8 Å². The number of nitrogens with two attached hydrogens (primary N) is 1. The van der Waals surface area contributed by atoms with Gasteiger partial charge in [-0.15, -0.1) is 12.4 Å². The number of rotatable bonds is 8. The van der Waals surface area contributed by atoms with Crippen LogP contribution in [0.1, 0.15) is 6.92 Å². The Hall–Kier alpha value is -0.0200. The van der Waals surface area contributed by atoms with Gasteiger partial charge in [0.05, 0.1) is 25.4 Å². The van der Waals surface area contributed by atoms with Crippen LogP contribution in [0.2, 0.25) is 0 Å². The van der Waals surface area contributed by atoms with E-state index in [4.69, 9.17) is 10.5 Å². The van der Waals surface area contributed by atoms with Crippen LogP contribution in [0.4, 0.5) is 8.78 Å². The molecule has 0 unspecified atom stereocenters. The van der Waals surface area contributed by atoms with Crippen LogP contribution < -0.4 is 10.5 Å². The third-order valence-electron chi connectivity index (χ3n) is 1.55. The predicted molar refractivity (Wildman–Crippen MR) is 59.5 cm³/mol. The molecule has 0 aliphatic rings. The van der Waals surface area contributed by atoms with Gasteiger partial charge in [0, 0.05) is 6.61 Å². The summed E-state index contributed by atoms with van der Waals surface area (Å²) >= 11 is 0. The highest BCUT2D eigenvalue weighted by molar-refractivity contribution is 7.89. The molecule has 0 atom stereocenters. The van der Waals surface area contributed by atoms with Gasteiger partial charge in [0.15, 0.2) is 0 Å². The quantitative estimate of drug-likeness (QED) is 0.612. The third kappa shape index (κ3) is 9.22. The van der Waals surface area contributed by atoms with E-state index >= 15 is 0 Å². The zero-order valence-electron chi connectivity index (χ0n) is 8.91. The molecule has 0 aliphatic carbocycles. The van der Waals surface area contributed by atoms with Gasteiger partial charge in [-0.1, -0.05) is 0 Å². The molecule has 100 valence electrons. The van der Waals surface area contributed by atoms with Crippen molar-refractivity contribution in [2.45, 2.75) is 12.8 Å². The lowest BCUT2D eigenvalue weighted by Gasteiger charge is -2.14. The second-order valence-electron chi connectivity index (χ2n) is 2.90. The molecule has 0 aromatic rings. The maximum Gasteiger partial charge on any atom is 0.273 e. The Bertz CT molecular complexity index is 275. The van der Waals surface area contributed by atoms with Crippen molar-refractivity contribution in [2.75, 3.05) is 32.1 Å². The van der Waals surface area contributed by atoms with Gasteiger partial charge in [0.1, 0.15) is 0 Å². The van der Waals surface area contributed by atoms with Gasteiger partial charge >= 0.3 is 0 Å². The Morgan fingerprint density at radius 2 is 2.00 bits per heavy atom. The lowest BCUT2D eigenvalue weighted by molar-refractivity contribution is 0.0170. The molecule has 0 amide bonds. The normalized spacial score (nSPS) is 12.2. The summed E-state index contributed by atoms with van der Waals surface area (Å²) in [5.74, 6) is -3.54. The summed E-state index contributed by atoms with van der Waals surface area (Å²) in [7, 11) is -3.71. The van der Waals surface area contributed by atoms with E-state index < -0.39 is 29.0 Å². The van der Waals surface area contributed by atoms with E-state index in [0.29, 0.717) is 6.61 Å². The molecule has 0 heterocycles. The van der Waals surface area contributed by atoms with Crippen LogP contribution in [-0.4, -0.2) is 46.4 Å². The van der Waals surface area contributed by atoms with Gasteiger partial charge in [-0.05, 0) is 6.92 Å². The number of hydrogen-bond acceptors (Lipinski definition) is 4. The molecule has 0 aliphatic heterocycles. The van der Waals surface area contributed by atoms with Gasteiger partial charge in [0.25, 0.3) is 5.92 Å². The molecular formula is C7H17ClF2N2O3S. The number of halogens is 3. The fourth-order valence-corrected chi connectivity index (χ4v) is 1.59. The maximum absolute atomic E-state index is 12.6. The number of hydrogen-bond donors (Lipinski definition) is 2. The van der Waals surface area contributed by atoms with E-state index in [9.17, 15) is 17.2 Å². The van der Waals surface area contributed by atoms with Crippen LogP contribution in [0, 0.1) is 0 Å². The van der Waals surface area contributed by atoms with Crippen molar-refractivity contribution in [1.82, 2.24) is 4.72 Å². The average Bonchev–Trinajstić information content (AvgIpc) is 2.16. The number of ether oxygens (including phenoxy) is 1. The molecule has 16 heavy (non-hydrogen) atoms. The van der Waals surface area contributed by atoms with Crippen molar-refractivity contribution >= 4 is 22.4 Å². The molecule has 0 aromatic carbocycles. The van der Waals surface area contributed by atoms with Crippen molar-refractivity contribution in [3.63, 3.8) is 0 Å². The average molecular weight is 283 g/mol. The summed E-state index contributed by atoms with van der Waals surface area (Å²) in [5.41, 5.74) is 4.75. The number of nitrogens with one attached hydrogen (secondary N) is 1. The molecule has 0 saturated heterocycles. The summed E-state index contributed by atoms with van der Waals surface area (Å²) in [5, 5.41) is 0. The first-order valence-electron chi connectivity index (χ1n) is 4.46. The highest BCUT2D eigenvalue weighted by atomic mass is 35.5. The molecule has 0 aromatic heterocycles. The lowest BCUT2D eigenvalue weighted by Crippen LogP contribution is -2.42. The van der Waals surface area contributed by atoms with Crippen LogP contribution in [0.5, 0.6) is 0 Å². The molecule has 0 fully saturated rings. The van der Waals surface area contributed by atoms with E-state index in [0.717, 1.165) is 0 Å². The SMILES string of the molecule is CCOCCS(=O)(=O)NCC(F)(F)CN.Cl. The topological polar surface area (TPSA) is 81.4 Å². The van der Waals surface area contributed by atoms with Gasteiger partial charge in [0.2, 0.25) is 10.0 Å². The Morgan fingerprint density at radius 3 is 2.44 bits per heavy atom. The first-order valence-corrected chi connectivity index (χ1v) is 6.11. The fraction of sp³-hybridized carbons (Fsp3) is 1.00. The fourth-order valence-electron chi connectivity index (χ4n) is 0.673. The van der Waals surface area contributed by atoms with Gasteiger partial charge in [-0.2, -0.15) is 0 Å². The monoisotopic (exact) mass is 282 g/mol. The largest absolute Gasteiger partial charge is 0.381 e. The summed E-state index contributed by atoms with van der Waals surface area (Å²) in [6.45, 7) is 0.218. The summed E-state index contributed by atoms with van der Waals surface area (Å²) in [4.78, 5) is 0. The predicted octanol–water partition coefficient (Wildman–Crippen LogP) is -0.0419. The Kier molecular flexibility index (Phi) is 9.32. The van der Waals surface area contributed by atoms with Crippen molar-refractivity contribution in [2.24, 2.45) is 5.73 Å². The maximum atomic E-state index is 12.6. The van der Waals surface area contributed by atoms with E-state index in [-0.39, 0.29) is 24.8 Å². The van der Waals surface area contributed by atoms with Crippen LogP contribution in [0.15, 0.2) is 0 Å². The van der Waals surface area contributed by atoms with Crippen LogP contribution >= 0.6 is 12.4 Å². The van der Waals surface area contributed by atoms with Crippen molar-refractivity contribution < 1.29 is 21.9 Å². The molecule has 0 radical (unpaired) electrons. The lowest BCUT2D eigenvalue weighted by atomic mass is 10.3. The van der Waals surface area contributed by atoms with Gasteiger partial charge in [-0.25, -0.2) is 21.9 Å². The van der Waals surface area contributed by atoms with Crippen LogP contribution in [0.25, 0.3) is 0 Å². The van der Waals surface area contributed by atoms with Gasteiger partial charge in [-0.3, -0.25) is 0 Å². The zero-order valence-corrected chi connectivity index (χ0v) is 10.5. The third-order valence-corrected chi connectivity index (χ3v) is 2.84. The zero-order chi connectivity index (χ0) is 11.9. The summed E-state index contributed by atoms with van der Waals surface area (Å²) < 4.78 is 53.9. The second kappa shape index (κ2) is 8.13. The van der Waals surface area contributed by atoms with E-state index in [1.165, 1.54) is 0 Å². The molecule has 0 spiro atoms.